The van der Waals surface area contributed by atoms with Crippen molar-refractivity contribution >= 4 is 17.0 Å². The molecule has 0 aliphatic heterocycles. The second kappa shape index (κ2) is 8.67. The standard InChI is InChI=1S/C21H29N7O4/c1-6-17(29)26(3)13-7-8-14(9-13)27-12-15(23-16-11-25(2)24-20(16)32-5)19-22-10-18(31-4)28(19)21(27)30/h6,10-14,17,23,29H,1,7-9H2,2-5H3. The van der Waals surface area contributed by atoms with Crippen LogP contribution < -0.4 is 20.5 Å². The number of aryl methyl sites for hydroxylation is 1. The normalized spacial score (nSPS) is 19.4. The Morgan fingerprint density at radius 3 is 2.78 bits per heavy atom. The van der Waals surface area contributed by atoms with Crippen molar-refractivity contribution in [2.24, 2.45) is 7.05 Å². The number of ether oxygens (including phenoxy) is 2. The third kappa shape index (κ3) is 3.73. The van der Waals surface area contributed by atoms with Gasteiger partial charge < -0.3 is 19.9 Å². The van der Waals surface area contributed by atoms with Gasteiger partial charge in [0.2, 0.25) is 5.88 Å². The molecule has 11 nitrogen and oxygen atoms in total. The van der Waals surface area contributed by atoms with E-state index in [-0.39, 0.29) is 17.8 Å². The molecular weight excluding hydrogens is 414 g/mol. The zero-order valence-corrected chi connectivity index (χ0v) is 18.7. The number of rotatable bonds is 8. The highest BCUT2D eigenvalue weighted by atomic mass is 16.5. The van der Waals surface area contributed by atoms with E-state index in [9.17, 15) is 9.90 Å². The van der Waals surface area contributed by atoms with Gasteiger partial charge in [-0.3, -0.25) is 14.1 Å². The predicted molar refractivity (Wildman–Crippen MR) is 120 cm³/mol. The van der Waals surface area contributed by atoms with Crippen LogP contribution in [0.5, 0.6) is 11.8 Å². The molecule has 0 bridgehead atoms. The van der Waals surface area contributed by atoms with Gasteiger partial charge in [0.15, 0.2) is 5.65 Å². The average molecular weight is 444 g/mol. The van der Waals surface area contributed by atoms with Crippen molar-refractivity contribution in [3.05, 3.63) is 41.7 Å². The summed E-state index contributed by atoms with van der Waals surface area (Å²) in [5, 5.41) is 17.7. The van der Waals surface area contributed by atoms with Gasteiger partial charge in [-0.15, -0.1) is 5.10 Å². The number of nitrogens with zero attached hydrogens (tertiary/aromatic N) is 6. The summed E-state index contributed by atoms with van der Waals surface area (Å²) < 4.78 is 15.6. The second-order valence-electron chi connectivity index (χ2n) is 7.98. The van der Waals surface area contributed by atoms with Crippen molar-refractivity contribution in [3.63, 3.8) is 0 Å². The monoisotopic (exact) mass is 443 g/mol. The van der Waals surface area contributed by atoms with E-state index in [1.165, 1.54) is 23.8 Å². The number of aliphatic hydroxyl groups is 1. The first-order valence-electron chi connectivity index (χ1n) is 10.4. The summed E-state index contributed by atoms with van der Waals surface area (Å²) in [6.45, 7) is 3.66. The Morgan fingerprint density at radius 2 is 2.09 bits per heavy atom. The summed E-state index contributed by atoms with van der Waals surface area (Å²) in [6.07, 6.45) is 8.27. The minimum absolute atomic E-state index is 0.0418. The maximum atomic E-state index is 13.4. The lowest BCUT2D eigenvalue weighted by Gasteiger charge is -2.27. The molecule has 172 valence electrons. The fourth-order valence-electron chi connectivity index (χ4n) is 4.36. The van der Waals surface area contributed by atoms with Crippen LogP contribution in [0, 0.1) is 0 Å². The SMILES string of the molecule is C=CC(O)N(C)C1CCC(n2cc(Nc3cn(C)nc3OC)c3ncc(OC)n3c2=O)C1. The summed E-state index contributed by atoms with van der Waals surface area (Å²) >= 11 is 0. The Kier molecular flexibility index (Phi) is 5.94. The van der Waals surface area contributed by atoms with E-state index in [0.717, 1.165) is 19.3 Å². The van der Waals surface area contributed by atoms with Gasteiger partial charge in [-0.2, -0.15) is 0 Å². The zero-order valence-electron chi connectivity index (χ0n) is 18.7. The Hall–Kier alpha value is -3.31. The van der Waals surface area contributed by atoms with Crippen molar-refractivity contribution < 1.29 is 14.6 Å². The van der Waals surface area contributed by atoms with E-state index < -0.39 is 6.23 Å². The first kappa shape index (κ1) is 21.9. The van der Waals surface area contributed by atoms with E-state index in [0.29, 0.717) is 28.8 Å². The van der Waals surface area contributed by atoms with Crippen molar-refractivity contribution in [3.8, 4) is 11.8 Å². The Labute approximate surface area is 185 Å². The van der Waals surface area contributed by atoms with Crippen molar-refractivity contribution in [1.29, 1.82) is 0 Å². The van der Waals surface area contributed by atoms with Gasteiger partial charge in [0.1, 0.15) is 11.9 Å². The number of fused-ring (bicyclic) bond motifs is 1. The molecule has 4 rings (SSSR count). The maximum Gasteiger partial charge on any atom is 0.337 e. The number of likely N-dealkylation sites (N-methyl/N-ethyl adjacent to an activating group) is 1. The third-order valence-corrected chi connectivity index (χ3v) is 6.09. The predicted octanol–water partition coefficient (Wildman–Crippen LogP) is 1.52. The minimum atomic E-state index is -0.720. The smallest absolute Gasteiger partial charge is 0.337 e. The molecule has 3 heterocycles. The summed E-state index contributed by atoms with van der Waals surface area (Å²) in [4.78, 5) is 19.7. The molecule has 1 aliphatic rings. The Balaban J connectivity index is 1.76. The average Bonchev–Trinajstić information content (AvgIpc) is 3.52. The molecule has 2 N–H and O–H groups in total. The number of hydrogen-bond donors (Lipinski definition) is 2. The second-order valence-corrected chi connectivity index (χ2v) is 7.98. The van der Waals surface area contributed by atoms with Crippen molar-refractivity contribution in [2.45, 2.75) is 37.6 Å². The molecule has 1 aliphatic carbocycles. The van der Waals surface area contributed by atoms with E-state index in [1.807, 2.05) is 11.9 Å². The summed E-state index contributed by atoms with van der Waals surface area (Å²) in [6, 6.07) is 0.0925. The molecule has 3 aromatic heterocycles. The highest BCUT2D eigenvalue weighted by molar-refractivity contribution is 5.75. The molecule has 0 saturated heterocycles. The molecule has 0 aromatic carbocycles. The lowest BCUT2D eigenvalue weighted by atomic mass is 10.2. The molecule has 3 aromatic rings. The molecule has 1 fully saturated rings. The first-order valence-corrected chi connectivity index (χ1v) is 10.4. The molecule has 0 spiro atoms. The summed E-state index contributed by atoms with van der Waals surface area (Å²) in [5.74, 6) is 0.789. The van der Waals surface area contributed by atoms with E-state index in [4.69, 9.17) is 9.47 Å². The van der Waals surface area contributed by atoms with Crippen LogP contribution >= 0.6 is 0 Å². The quantitative estimate of drug-likeness (QED) is 0.398. The lowest BCUT2D eigenvalue weighted by molar-refractivity contribution is 0.0315. The number of aliphatic hydroxyl groups excluding tert-OH is 1. The largest absolute Gasteiger partial charge is 0.481 e. The van der Waals surface area contributed by atoms with E-state index >= 15 is 0 Å². The van der Waals surface area contributed by atoms with Gasteiger partial charge >= 0.3 is 5.69 Å². The fraction of sp³-hybridized carbons (Fsp3) is 0.476. The fourth-order valence-corrected chi connectivity index (χ4v) is 4.36. The Bertz CT molecular complexity index is 1180. The van der Waals surface area contributed by atoms with Crippen molar-refractivity contribution in [1.82, 2.24) is 28.6 Å². The molecule has 3 unspecified atom stereocenters. The number of aromatic nitrogens is 5. The number of imidazole rings is 1. The lowest BCUT2D eigenvalue weighted by Crippen LogP contribution is -2.38. The summed E-state index contributed by atoms with van der Waals surface area (Å²) in [7, 11) is 6.73. The highest BCUT2D eigenvalue weighted by Crippen LogP contribution is 2.34. The topological polar surface area (TPSA) is 111 Å². The van der Waals surface area contributed by atoms with Gasteiger partial charge in [-0.1, -0.05) is 6.58 Å². The van der Waals surface area contributed by atoms with Crippen LogP contribution in [-0.2, 0) is 7.05 Å². The zero-order chi connectivity index (χ0) is 23.0. The van der Waals surface area contributed by atoms with Crippen LogP contribution in [0.3, 0.4) is 0 Å². The van der Waals surface area contributed by atoms with Crippen LogP contribution in [0.25, 0.3) is 5.65 Å². The van der Waals surface area contributed by atoms with E-state index in [1.54, 1.807) is 35.8 Å². The van der Waals surface area contributed by atoms with Gasteiger partial charge in [-0.25, -0.2) is 14.2 Å². The van der Waals surface area contributed by atoms with Crippen LogP contribution in [0.2, 0.25) is 0 Å². The first-order chi connectivity index (χ1) is 15.4. The van der Waals surface area contributed by atoms with Crippen LogP contribution in [-0.4, -0.2) is 67.3 Å². The van der Waals surface area contributed by atoms with Crippen molar-refractivity contribution in [2.75, 3.05) is 26.6 Å². The highest BCUT2D eigenvalue weighted by Gasteiger charge is 2.32. The minimum Gasteiger partial charge on any atom is -0.481 e. The number of nitrogens with one attached hydrogen (secondary N) is 1. The van der Waals surface area contributed by atoms with Gasteiger partial charge in [0, 0.05) is 25.3 Å². The van der Waals surface area contributed by atoms with Crippen LogP contribution in [0.1, 0.15) is 25.3 Å². The third-order valence-electron chi connectivity index (χ3n) is 6.09. The molecule has 0 radical (unpaired) electrons. The number of anilines is 2. The van der Waals surface area contributed by atoms with Gasteiger partial charge in [-0.05, 0) is 32.4 Å². The molecule has 32 heavy (non-hydrogen) atoms. The molecular formula is C21H29N7O4. The van der Waals surface area contributed by atoms with Crippen LogP contribution in [0.4, 0.5) is 11.4 Å². The molecule has 11 heteroatoms. The molecule has 3 atom stereocenters. The molecule has 1 saturated carbocycles. The van der Waals surface area contributed by atoms with Crippen LogP contribution in [0.15, 0.2) is 36.0 Å². The summed E-state index contributed by atoms with van der Waals surface area (Å²) in [5.41, 5.74) is 1.50. The maximum absolute atomic E-state index is 13.4. The Morgan fingerprint density at radius 1 is 1.31 bits per heavy atom. The molecule has 0 amide bonds. The number of methoxy groups -OCH3 is 2. The van der Waals surface area contributed by atoms with Gasteiger partial charge in [0.05, 0.1) is 32.3 Å². The van der Waals surface area contributed by atoms with E-state index in [2.05, 4.69) is 22.0 Å². The van der Waals surface area contributed by atoms with Gasteiger partial charge in [0.25, 0.3) is 5.88 Å². The number of hydrogen-bond acceptors (Lipinski definition) is 8.